The molecule has 0 amide bonds. The highest BCUT2D eigenvalue weighted by Crippen LogP contribution is 2.17. The van der Waals surface area contributed by atoms with Gasteiger partial charge in [-0.2, -0.15) is 0 Å². The van der Waals surface area contributed by atoms with Gasteiger partial charge < -0.3 is 15.8 Å². The van der Waals surface area contributed by atoms with Crippen molar-refractivity contribution in [2.45, 2.75) is 6.42 Å². The predicted octanol–water partition coefficient (Wildman–Crippen LogP) is 3.57. The standard InChI is InChI=1S/C16H17BrFN3O/c1-22-13-4-2-3-12(10-13)21-16(19)20-8-7-11-5-6-15(18)14(17)9-11/h2-6,9-10H,7-8H2,1H3,(H3,19,20,21). The number of nitrogens with two attached hydrogens (primary N) is 1. The summed E-state index contributed by atoms with van der Waals surface area (Å²) >= 11 is 3.16. The van der Waals surface area contributed by atoms with Crippen LogP contribution in [0.4, 0.5) is 10.1 Å². The zero-order valence-corrected chi connectivity index (χ0v) is 13.7. The van der Waals surface area contributed by atoms with Crippen LogP contribution in [0.25, 0.3) is 0 Å². The summed E-state index contributed by atoms with van der Waals surface area (Å²) in [5, 5.41) is 3.00. The minimum absolute atomic E-state index is 0.272. The van der Waals surface area contributed by atoms with Gasteiger partial charge in [-0.15, -0.1) is 0 Å². The molecule has 0 unspecified atom stereocenters. The molecule has 6 heteroatoms. The molecule has 0 heterocycles. The molecule has 0 bridgehead atoms. The lowest BCUT2D eigenvalue weighted by atomic mass is 10.1. The SMILES string of the molecule is COc1cccc(NC(N)=NCCc2ccc(F)c(Br)c2)c1. The van der Waals surface area contributed by atoms with E-state index in [0.717, 1.165) is 17.0 Å². The molecule has 0 aliphatic carbocycles. The molecule has 4 nitrogen and oxygen atoms in total. The lowest BCUT2D eigenvalue weighted by Crippen LogP contribution is -2.23. The first-order chi connectivity index (χ1) is 10.6. The number of ether oxygens (including phenoxy) is 1. The van der Waals surface area contributed by atoms with Gasteiger partial charge >= 0.3 is 0 Å². The van der Waals surface area contributed by atoms with Gasteiger partial charge in [-0.05, 0) is 52.2 Å². The van der Waals surface area contributed by atoms with Gasteiger partial charge in [0.25, 0.3) is 0 Å². The Kier molecular flexibility index (Phi) is 5.77. The number of hydrogen-bond donors (Lipinski definition) is 2. The van der Waals surface area contributed by atoms with Crippen LogP contribution in [0.3, 0.4) is 0 Å². The van der Waals surface area contributed by atoms with Crippen molar-refractivity contribution in [2.24, 2.45) is 10.7 Å². The molecule has 0 fully saturated rings. The Hall–Kier alpha value is -2.08. The fourth-order valence-corrected chi connectivity index (χ4v) is 2.32. The van der Waals surface area contributed by atoms with Gasteiger partial charge in [-0.3, -0.25) is 4.99 Å². The zero-order chi connectivity index (χ0) is 15.9. The maximum atomic E-state index is 13.1. The van der Waals surface area contributed by atoms with Crippen molar-refractivity contribution in [3.8, 4) is 5.75 Å². The Labute approximate surface area is 137 Å². The first kappa shape index (κ1) is 16.3. The molecule has 0 aliphatic heterocycles. The molecule has 0 saturated carbocycles. The molecule has 0 spiro atoms. The number of aliphatic imine (C=N–C) groups is 1. The first-order valence-corrected chi connectivity index (χ1v) is 7.52. The van der Waals surface area contributed by atoms with Gasteiger partial charge in [0, 0.05) is 18.3 Å². The van der Waals surface area contributed by atoms with Gasteiger partial charge in [0.1, 0.15) is 11.6 Å². The van der Waals surface area contributed by atoms with E-state index in [-0.39, 0.29) is 5.82 Å². The molecule has 3 N–H and O–H groups in total. The molecule has 0 saturated heterocycles. The van der Waals surface area contributed by atoms with Crippen LogP contribution in [0.5, 0.6) is 5.75 Å². The van der Waals surface area contributed by atoms with E-state index < -0.39 is 0 Å². The second-order valence-electron chi connectivity index (χ2n) is 4.62. The number of nitrogens with zero attached hydrogens (tertiary/aromatic N) is 1. The summed E-state index contributed by atoms with van der Waals surface area (Å²) in [6.07, 6.45) is 0.680. The average molecular weight is 366 g/mol. The van der Waals surface area contributed by atoms with Crippen molar-refractivity contribution in [1.29, 1.82) is 0 Å². The molecule has 22 heavy (non-hydrogen) atoms. The van der Waals surface area contributed by atoms with Gasteiger partial charge in [0.15, 0.2) is 5.96 Å². The fraction of sp³-hybridized carbons (Fsp3) is 0.188. The Morgan fingerprint density at radius 1 is 1.32 bits per heavy atom. The summed E-state index contributed by atoms with van der Waals surface area (Å²) in [5.41, 5.74) is 7.65. The lowest BCUT2D eigenvalue weighted by Gasteiger charge is -2.07. The van der Waals surface area contributed by atoms with E-state index in [9.17, 15) is 4.39 Å². The van der Waals surface area contributed by atoms with Crippen molar-refractivity contribution >= 4 is 27.6 Å². The third kappa shape index (κ3) is 4.73. The van der Waals surface area contributed by atoms with E-state index in [2.05, 4.69) is 26.2 Å². The van der Waals surface area contributed by atoms with Crippen molar-refractivity contribution in [2.75, 3.05) is 19.0 Å². The third-order valence-electron chi connectivity index (χ3n) is 3.01. The number of halogens is 2. The Balaban J connectivity index is 1.90. The Bertz CT molecular complexity index is 676. The molecule has 2 aromatic rings. The Morgan fingerprint density at radius 2 is 2.14 bits per heavy atom. The molecule has 116 valence electrons. The lowest BCUT2D eigenvalue weighted by molar-refractivity contribution is 0.415. The number of benzene rings is 2. The summed E-state index contributed by atoms with van der Waals surface area (Å²) in [6, 6.07) is 12.3. The predicted molar refractivity (Wildman–Crippen MR) is 90.9 cm³/mol. The molecule has 0 aromatic heterocycles. The van der Waals surface area contributed by atoms with Crippen LogP contribution in [-0.4, -0.2) is 19.6 Å². The van der Waals surface area contributed by atoms with Gasteiger partial charge in [0.05, 0.1) is 11.6 Å². The smallest absolute Gasteiger partial charge is 0.193 e. The maximum absolute atomic E-state index is 13.1. The summed E-state index contributed by atoms with van der Waals surface area (Å²) in [4.78, 5) is 4.26. The number of rotatable bonds is 5. The third-order valence-corrected chi connectivity index (χ3v) is 3.62. The molecule has 2 aromatic carbocycles. The highest BCUT2D eigenvalue weighted by Gasteiger charge is 2.01. The molecular weight excluding hydrogens is 349 g/mol. The van der Waals surface area contributed by atoms with Gasteiger partial charge in [0.2, 0.25) is 0 Å². The van der Waals surface area contributed by atoms with E-state index in [1.807, 2.05) is 24.3 Å². The summed E-state index contributed by atoms with van der Waals surface area (Å²) in [7, 11) is 1.61. The minimum atomic E-state index is -0.272. The number of guanidine groups is 1. The highest BCUT2D eigenvalue weighted by molar-refractivity contribution is 9.10. The molecule has 0 atom stereocenters. The van der Waals surface area contributed by atoms with Crippen LogP contribution >= 0.6 is 15.9 Å². The maximum Gasteiger partial charge on any atom is 0.193 e. The van der Waals surface area contributed by atoms with Gasteiger partial charge in [-0.1, -0.05) is 12.1 Å². The van der Waals surface area contributed by atoms with Crippen molar-refractivity contribution < 1.29 is 9.13 Å². The van der Waals surface area contributed by atoms with Crippen LogP contribution in [0.2, 0.25) is 0 Å². The normalized spacial score (nSPS) is 11.3. The monoisotopic (exact) mass is 365 g/mol. The molecule has 0 radical (unpaired) electrons. The van der Waals surface area contributed by atoms with E-state index in [0.29, 0.717) is 23.4 Å². The van der Waals surface area contributed by atoms with Crippen LogP contribution < -0.4 is 15.8 Å². The Morgan fingerprint density at radius 3 is 2.86 bits per heavy atom. The fourth-order valence-electron chi connectivity index (χ4n) is 1.89. The van der Waals surface area contributed by atoms with Crippen LogP contribution in [0.15, 0.2) is 51.9 Å². The number of methoxy groups -OCH3 is 1. The van der Waals surface area contributed by atoms with Crippen LogP contribution in [0.1, 0.15) is 5.56 Å². The molecule has 2 rings (SSSR count). The van der Waals surface area contributed by atoms with E-state index in [1.54, 1.807) is 19.2 Å². The molecular formula is C16H17BrFN3O. The highest BCUT2D eigenvalue weighted by atomic mass is 79.9. The number of hydrogen-bond acceptors (Lipinski definition) is 2. The van der Waals surface area contributed by atoms with Crippen molar-refractivity contribution in [1.82, 2.24) is 0 Å². The summed E-state index contributed by atoms with van der Waals surface area (Å²) in [6.45, 7) is 0.515. The van der Waals surface area contributed by atoms with Crippen LogP contribution in [0, 0.1) is 5.82 Å². The minimum Gasteiger partial charge on any atom is -0.497 e. The van der Waals surface area contributed by atoms with E-state index in [4.69, 9.17) is 10.5 Å². The van der Waals surface area contributed by atoms with Crippen molar-refractivity contribution in [3.63, 3.8) is 0 Å². The second kappa shape index (κ2) is 7.79. The zero-order valence-electron chi connectivity index (χ0n) is 12.1. The molecule has 0 aliphatic rings. The quantitative estimate of drug-likeness (QED) is 0.628. The van der Waals surface area contributed by atoms with Crippen molar-refractivity contribution in [3.05, 3.63) is 58.3 Å². The van der Waals surface area contributed by atoms with Crippen LogP contribution in [-0.2, 0) is 6.42 Å². The number of anilines is 1. The van der Waals surface area contributed by atoms with Gasteiger partial charge in [-0.25, -0.2) is 4.39 Å². The first-order valence-electron chi connectivity index (χ1n) is 6.73. The average Bonchev–Trinajstić information content (AvgIpc) is 2.51. The van der Waals surface area contributed by atoms with E-state index in [1.165, 1.54) is 6.07 Å². The number of nitrogens with one attached hydrogen (secondary N) is 1. The summed E-state index contributed by atoms with van der Waals surface area (Å²) in [5.74, 6) is 0.801. The van der Waals surface area contributed by atoms with E-state index >= 15 is 0 Å². The second-order valence-corrected chi connectivity index (χ2v) is 5.48. The summed E-state index contributed by atoms with van der Waals surface area (Å²) < 4.78 is 18.7. The largest absolute Gasteiger partial charge is 0.497 e. The topological polar surface area (TPSA) is 59.6 Å².